The summed E-state index contributed by atoms with van der Waals surface area (Å²) in [5.74, 6) is 1.97. The van der Waals surface area contributed by atoms with Crippen LogP contribution in [0.3, 0.4) is 0 Å². The van der Waals surface area contributed by atoms with Gasteiger partial charge in [-0.05, 0) is 25.0 Å². The van der Waals surface area contributed by atoms with Crippen LogP contribution in [0.5, 0.6) is 11.5 Å². The van der Waals surface area contributed by atoms with Gasteiger partial charge in [0.2, 0.25) is 0 Å². The summed E-state index contributed by atoms with van der Waals surface area (Å²) in [6.07, 6.45) is 6.47. The molecule has 150 valence electrons. The summed E-state index contributed by atoms with van der Waals surface area (Å²) in [6, 6.07) is 7.26. The maximum Gasteiger partial charge on any atom is 0.278 e. The number of nitrogens with zero attached hydrogens (tertiary/aromatic N) is 5. The smallest absolute Gasteiger partial charge is 0.278 e. The standard InChI is InChI=1S/C20H21N5O4/c1-27-16-6-2-3-7-17(16)28-13-18(26)25-10-4-5-14(12-25)19-23-20(29-24-19)15-11-21-8-9-22-15/h2-3,6-9,11,14H,4-5,10,12-13H2,1H3/t14-/m1/s1. The molecule has 0 radical (unpaired) electrons. The Morgan fingerprint density at radius 2 is 2.14 bits per heavy atom. The topological polar surface area (TPSA) is 103 Å². The van der Waals surface area contributed by atoms with Gasteiger partial charge < -0.3 is 18.9 Å². The largest absolute Gasteiger partial charge is 0.493 e. The number of methoxy groups -OCH3 is 1. The molecule has 1 fully saturated rings. The van der Waals surface area contributed by atoms with Gasteiger partial charge in [0, 0.05) is 31.4 Å². The summed E-state index contributed by atoms with van der Waals surface area (Å²) in [6.45, 7) is 1.15. The van der Waals surface area contributed by atoms with Gasteiger partial charge in [-0.1, -0.05) is 17.3 Å². The third kappa shape index (κ3) is 4.34. The summed E-state index contributed by atoms with van der Waals surface area (Å²) in [4.78, 5) is 27.1. The number of rotatable bonds is 6. The predicted octanol–water partition coefficient (Wildman–Crippen LogP) is 2.32. The molecule has 4 rings (SSSR count). The van der Waals surface area contributed by atoms with E-state index in [0.717, 1.165) is 12.8 Å². The Morgan fingerprint density at radius 3 is 2.93 bits per heavy atom. The van der Waals surface area contributed by atoms with Crippen molar-refractivity contribution in [2.75, 3.05) is 26.8 Å². The maximum absolute atomic E-state index is 12.7. The minimum atomic E-state index is -0.0850. The van der Waals surface area contributed by atoms with Gasteiger partial charge >= 0.3 is 0 Å². The van der Waals surface area contributed by atoms with Crippen LogP contribution in [0, 0.1) is 0 Å². The summed E-state index contributed by atoms with van der Waals surface area (Å²) in [7, 11) is 1.57. The Labute approximate surface area is 167 Å². The Hall–Kier alpha value is -3.49. The highest BCUT2D eigenvalue weighted by Crippen LogP contribution is 2.28. The molecule has 1 amide bonds. The van der Waals surface area contributed by atoms with E-state index < -0.39 is 0 Å². The van der Waals surface area contributed by atoms with Crippen LogP contribution < -0.4 is 9.47 Å². The first kappa shape index (κ1) is 18.9. The summed E-state index contributed by atoms with van der Waals surface area (Å²) in [5.41, 5.74) is 0.528. The van der Waals surface area contributed by atoms with Gasteiger partial charge in [-0.15, -0.1) is 0 Å². The SMILES string of the molecule is COc1ccccc1OCC(=O)N1CCC[C@@H](c2noc(-c3cnccn3)n2)C1. The lowest BCUT2D eigenvalue weighted by molar-refractivity contribution is -0.134. The molecule has 0 spiro atoms. The number of carbonyl (C=O) groups is 1. The lowest BCUT2D eigenvalue weighted by Crippen LogP contribution is -2.41. The van der Waals surface area contributed by atoms with E-state index in [0.29, 0.717) is 42.0 Å². The zero-order chi connectivity index (χ0) is 20.1. The van der Waals surface area contributed by atoms with Crippen molar-refractivity contribution in [3.05, 3.63) is 48.7 Å². The van der Waals surface area contributed by atoms with Crippen molar-refractivity contribution in [2.24, 2.45) is 0 Å². The molecule has 29 heavy (non-hydrogen) atoms. The minimum Gasteiger partial charge on any atom is -0.493 e. The van der Waals surface area contributed by atoms with Gasteiger partial charge in [0.15, 0.2) is 23.9 Å². The number of hydrogen-bond donors (Lipinski definition) is 0. The molecule has 9 nitrogen and oxygen atoms in total. The molecule has 2 aromatic heterocycles. The normalized spacial score (nSPS) is 16.4. The van der Waals surface area contributed by atoms with E-state index in [4.69, 9.17) is 14.0 Å². The van der Waals surface area contributed by atoms with Crippen molar-refractivity contribution in [2.45, 2.75) is 18.8 Å². The summed E-state index contributed by atoms with van der Waals surface area (Å²) < 4.78 is 16.2. The molecule has 0 bridgehead atoms. The summed E-state index contributed by atoms with van der Waals surface area (Å²) in [5, 5.41) is 4.09. The van der Waals surface area contributed by atoms with Gasteiger partial charge in [0.25, 0.3) is 11.8 Å². The van der Waals surface area contributed by atoms with Gasteiger partial charge in [-0.3, -0.25) is 9.78 Å². The lowest BCUT2D eigenvalue weighted by Gasteiger charge is -2.31. The molecule has 1 atom stereocenters. The molecule has 1 aromatic carbocycles. The lowest BCUT2D eigenvalue weighted by atomic mass is 9.97. The molecule has 0 aliphatic carbocycles. The number of amides is 1. The fourth-order valence-corrected chi connectivity index (χ4v) is 3.30. The van der Waals surface area contributed by atoms with Gasteiger partial charge in [-0.25, -0.2) is 4.98 Å². The Kier molecular flexibility index (Phi) is 5.64. The van der Waals surface area contributed by atoms with E-state index >= 15 is 0 Å². The number of para-hydroxylation sites is 2. The average molecular weight is 395 g/mol. The van der Waals surface area contributed by atoms with Crippen LogP contribution in [0.4, 0.5) is 0 Å². The zero-order valence-corrected chi connectivity index (χ0v) is 16.0. The average Bonchev–Trinajstić information content (AvgIpc) is 3.29. The highest BCUT2D eigenvalue weighted by Gasteiger charge is 2.28. The van der Waals surface area contributed by atoms with Crippen LogP contribution in [0.1, 0.15) is 24.6 Å². The molecular formula is C20H21N5O4. The van der Waals surface area contributed by atoms with Gasteiger partial charge in [0.1, 0.15) is 5.69 Å². The monoisotopic (exact) mass is 395 g/mol. The second kappa shape index (κ2) is 8.68. The van der Waals surface area contributed by atoms with Crippen molar-refractivity contribution in [1.82, 2.24) is 25.0 Å². The summed E-state index contributed by atoms with van der Waals surface area (Å²) >= 11 is 0. The second-order valence-electron chi connectivity index (χ2n) is 6.67. The van der Waals surface area contributed by atoms with E-state index in [2.05, 4.69) is 20.1 Å². The molecule has 3 heterocycles. The zero-order valence-electron chi connectivity index (χ0n) is 16.0. The van der Waals surface area contributed by atoms with Crippen molar-refractivity contribution < 1.29 is 18.8 Å². The molecule has 9 heteroatoms. The van der Waals surface area contributed by atoms with E-state index in [-0.39, 0.29) is 18.4 Å². The quantitative estimate of drug-likeness (QED) is 0.626. The highest BCUT2D eigenvalue weighted by molar-refractivity contribution is 5.78. The van der Waals surface area contributed by atoms with E-state index in [9.17, 15) is 4.79 Å². The number of benzene rings is 1. The van der Waals surface area contributed by atoms with Crippen molar-refractivity contribution in [3.63, 3.8) is 0 Å². The van der Waals surface area contributed by atoms with Crippen LogP contribution in [0.15, 0.2) is 47.4 Å². The molecule has 1 saturated heterocycles. The first-order valence-electron chi connectivity index (χ1n) is 9.38. The third-order valence-corrected chi connectivity index (χ3v) is 4.78. The van der Waals surface area contributed by atoms with Crippen LogP contribution >= 0.6 is 0 Å². The number of carbonyl (C=O) groups excluding carboxylic acids is 1. The van der Waals surface area contributed by atoms with Crippen molar-refractivity contribution in [1.29, 1.82) is 0 Å². The molecule has 3 aromatic rings. The van der Waals surface area contributed by atoms with E-state index in [1.54, 1.807) is 42.7 Å². The first-order valence-corrected chi connectivity index (χ1v) is 9.38. The molecule has 0 unspecified atom stereocenters. The van der Waals surface area contributed by atoms with Crippen LogP contribution in [0.25, 0.3) is 11.6 Å². The Morgan fingerprint density at radius 1 is 1.28 bits per heavy atom. The van der Waals surface area contributed by atoms with Crippen LogP contribution in [-0.4, -0.2) is 57.7 Å². The van der Waals surface area contributed by atoms with Crippen LogP contribution in [-0.2, 0) is 4.79 Å². The molecule has 1 aliphatic rings. The number of likely N-dealkylation sites (tertiary alicyclic amines) is 1. The Bertz CT molecular complexity index is 962. The highest BCUT2D eigenvalue weighted by atomic mass is 16.5. The van der Waals surface area contributed by atoms with Crippen molar-refractivity contribution in [3.8, 4) is 23.1 Å². The van der Waals surface area contributed by atoms with E-state index in [1.807, 2.05) is 12.1 Å². The fraction of sp³-hybridized carbons (Fsp3) is 0.350. The minimum absolute atomic E-state index is 0.00753. The predicted molar refractivity (Wildman–Crippen MR) is 102 cm³/mol. The van der Waals surface area contributed by atoms with E-state index in [1.165, 1.54) is 0 Å². The number of aromatic nitrogens is 4. The molecule has 0 N–H and O–H groups in total. The van der Waals surface area contributed by atoms with Gasteiger partial charge in [-0.2, -0.15) is 4.98 Å². The first-order chi connectivity index (χ1) is 14.2. The second-order valence-corrected chi connectivity index (χ2v) is 6.67. The van der Waals surface area contributed by atoms with Crippen LogP contribution in [0.2, 0.25) is 0 Å². The van der Waals surface area contributed by atoms with Gasteiger partial charge in [0.05, 0.1) is 13.3 Å². The Balaban J connectivity index is 1.38. The number of hydrogen-bond acceptors (Lipinski definition) is 8. The molecule has 0 saturated carbocycles. The third-order valence-electron chi connectivity index (χ3n) is 4.78. The fourth-order valence-electron chi connectivity index (χ4n) is 3.30. The number of ether oxygens (including phenoxy) is 2. The number of piperidine rings is 1. The molecule has 1 aliphatic heterocycles. The molecular weight excluding hydrogens is 374 g/mol. The van der Waals surface area contributed by atoms with Crippen molar-refractivity contribution >= 4 is 5.91 Å². The maximum atomic E-state index is 12.7.